The minimum Gasteiger partial charge on any atom is -0.494 e. The highest BCUT2D eigenvalue weighted by Crippen LogP contribution is 2.33. The fourth-order valence-electron chi connectivity index (χ4n) is 3.94. The number of nitrogen functional groups attached to an aromatic ring is 1. The summed E-state index contributed by atoms with van der Waals surface area (Å²) in [7, 11) is 0. The number of amides is 1. The number of rotatable bonds is 5. The van der Waals surface area contributed by atoms with Gasteiger partial charge in [0.05, 0.1) is 39.0 Å². The van der Waals surface area contributed by atoms with E-state index in [1.54, 1.807) is 47.7 Å². The molecule has 0 saturated carbocycles. The number of aromatic nitrogens is 2. The van der Waals surface area contributed by atoms with E-state index in [0.29, 0.717) is 33.9 Å². The van der Waals surface area contributed by atoms with Gasteiger partial charge in [-0.1, -0.05) is 25.6 Å². The van der Waals surface area contributed by atoms with Crippen molar-refractivity contribution in [3.63, 3.8) is 0 Å². The molecule has 0 fully saturated rings. The molecule has 0 aliphatic carbocycles. The highest BCUT2D eigenvalue weighted by atomic mass is 32.1. The number of anilines is 2. The third kappa shape index (κ3) is 4.85. The Bertz CT molecular complexity index is 1580. The van der Waals surface area contributed by atoms with Crippen molar-refractivity contribution in [3.05, 3.63) is 88.2 Å². The van der Waals surface area contributed by atoms with Crippen molar-refractivity contribution in [1.82, 2.24) is 9.97 Å². The van der Waals surface area contributed by atoms with Crippen LogP contribution in [-0.2, 0) is 0 Å². The lowest BCUT2D eigenvalue weighted by atomic mass is 10.0. The molecule has 8 heteroatoms. The number of H-pyrrole nitrogens is 1. The van der Waals surface area contributed by atoms with Gasteiger partial charge >= 0.3 is 0 Å². The highest BCUT2D eigenvalue weighted by molar-refractivity contribution is 7.09. The SMILES string of the molecule is C.CC(=Nc1ccc(C(=O)Nc2ccccc2N)cc1)c1c(O)[nH]c2ccc(-c3csc(C)n3)cc12. The van der Waals surface area contributed by atoms with Crippen LogP contribution in [0.2, 0.25) is 0 Å². The Labute approximate surface area is 213 Å². The maximum absolute atomic E-state index is 12.6. The first kappa shape index (κ1) is 24.7. The summed E-state index contributed by atoms with van der Waals surface area (Å²) in [5.41, 5.74) is 12.1. The zero-order chi connectivity index (χ0) is 24.5. The molecular formula is C28H27N5O2S. The van der Waals surface area contributed by atoms with Gasteiger partial charge in [-0.25, -0.2) is 4.98 Å². The van der Waals surface area contributed by atoms with Crippen LogP contribution in [0.25, 0.3) is 22.2 Å². The smallest absolute Gasteiger partial charge is 0.255 e. The van der Waals surface area contributed by atoms with E-state index in [-0.39, 0.29) is 19.2 Å². The van der Waals surface area contributed by atoms with Crippen LogP contribution in [0.5, 0.6) is 5.88 Å². The largest absolute Gasteiger partial charge is 0.494 e. The van der Waals surface area contributed by atoms with Crippen LogP contribution in [0.15, 0.2) is 77.1 Å². The van der Waals surface area contributed by atoms with Crippen molar-refractivity contribution >= 4 is 50.9 Å². The number of hydrogen-bond donors (Lipinski definition) is 4. The Kier molecular flexibility index (Phi) is 6.89. The van der Waals surface area contributed by atoms with Crippen LogP contribution in [-0.4, -0.2) is 26.7 Å². The molecule has 0 saturated heterocycles. The summed E-state index contributed by atoms with van der Waals surface area (Å²) in [6, 6.07) is 20.0. The lowest BCUT2D eigenvalue weighted by Gasteiger charge is -2.08. The van der Waals surface area contributed by atoms with E-state index >= 15 is 0 Å². The van der Waals surface area contributed by atoms with E-state index < -0.39 is 0 Å². The van der Waals surface area contributed by atoms with Crippen molar-refractivity contribution < 1.29 is 9.90 Å². The number of para-hydroxylation sites is 2. The fourth-order valence-corrected chi connectivity index (χ4v) is 4.56. The molecule has 0 radical (unpaired) electrons. The van der Waals surface area contributed by atoms with Crippen LogP contribution < -0.4 is 11.1 Å². The Hall–Kier alpha value is -4.43. The number of aromatic amines is 1. The lowest BCUT2D eigenvalue weighted by Crippen LogP contribution is -2.12. The summed E-state index contributed by atoms with van der Waals surface area (Å²) >= 11 is 1.60. The summed E-state index contributed by atoms with van der Waals surface area (Å²) in [6.07, 6.45) is 0. The number of carbonyl (C=O) groups is 1. The molecule has 1 amide bonds. The van der Waals surface area contributed by atoms with Gasteiger partial charge in [0.15, 0.2) is 5.88 Å². The van der Waals surface area contributed by atoms with Gasteiger partial charge in [0.2, 0.25) is 0 Å². The Morgan fingerprint density at radius 3 is 2.56 bits per heavy atom. The summed E-state index contributed by atoms with van der Waals surface area (Å²) in [5.74, 6) is -0.196. The predicted molar refractivity (Wildman–Crippen MR) is 150 cm³/mol. The molecule has 0 aliphatic heterocycles. The second-order valence-electron chi connectivity index (χ2n) is 8.15. The lowest BCUT2D eigenvalue weighted by molar-refractivity contribution is 0.102. The number of carbonyl (C=O) groups excluding carboxylic acids is 1. The van der Waals surface area contributed by atoms with Crippen molar-refractivity contribution in [2.45, 2.75) is 21.3 Å². The molecule has 0 bridgehead atoms. The topological polar surface area (TPSA) is 116 Å². The standard InChI is InChI=1S/C27H23N5O2S.CH4/c1-15(25-20-13-18(24-14-35-16(2)30-24)9-12-22(20)31-27(25)34)29-19-10-7-17(8-11-19)26(33)32-23-6-4-3-5-21(23)28;/h3-14,31,34H,28H2,1-2H3,(H,32,33);1H4. The van der Waals surface area contributed by atoms with Crippen molar-refractivity contribution in [3.8, 4) is 17.1 Å². The van der Waals surface area contributed by atoms with Crippen LogP contribution >= 0.6 is 11.3 Å². The second kappa shape index (κ2) is 10.1. The van der Waals surface area contributed by atoms with Gasteiger partial charge in [0.1, 0.15) is 0 Å². The van der Waals surface area contributed by atoms with Gasteiger partial charge < -0.3 is 21.1 Å². The number of fused-ring (bicyclic) bond motifs is 1. The molecule has 5 N–H and O–H groups in total. The predicted octanol–water partition coefficient (Wildman–Crippen LogP) is 6.92. The highest BCUT2D eigenvalue weighted by Gasteiger charge is 2.16. The van der Waals surface area contributed by atoms with E-state index in [1.165, 1.54) is 0 Å². The molecule has 0 unspecified atom stereocenters. The van der Waals surface area contributed by atoms with Gasteiger partial charge in [-0.3, -0.25) is 9.79 Å². The quantitative estimate of drug-likeness (QED) is 0.156. The third-order valence-corrected chi connectivity index (χ3v) is 6.46. The number of nitrogens with two attached hydrogens (primary N) is 1. The Morgan fingerprint density at radius 2 is 1.86 bits per heavy atom. The second-order valence-corrected chi connectivity index (χ2v) is 9.21. The third-order valence-electron chi connectivity index (χ3n) is 5.69. The summed E-state index contributed by atoms with van der Waals surface area (Å²) in [4.78, 5) is 24.9. The van der Waals surface area contributed by atoms with Crippen molar-refractivity contribution in [2.24, 2.45) is 4.99 Å². The van der Waals surface area contributed by atoms with Gasteiger partial charge in [0.25, 0.3) is 5.91 Å². The van der Waals surface area contributed by atoms with E-state index in [9.17, 15) is 9.90 Å². The first-order chi connectivity index (χ1) is 16.9. The Balaban J connectivity index is 0.00000304. The van der Waals surface area contributed by atoms with Gasteiger partial charge in [-0.2, -0.15) is 0 Å². The minimum absolute atomic E-state index is 0. The number of aliphatic imine (C=N–C) groups is 1. The number of nitrogens with one attached hydrogen (secondary N) is 2. The number of thiazole rings is 1. The van der Waals surface area contributed by atoms with Crippen molar-refractivity contribution in [1.29, 1.82) is 0 Å². The minimum atomic E-state index is -0.255. The normalized spacial score (nSPS) is 11.3. The fraction of sp³-hybridized carbons (Fsp3) is 0.107. The first-order valence-electron chi connectivity index (χ1n) is 11.0. The summed E-state index contributed by atoms with van der Waals surface area (Å²) in [5, 5.41) is 17.3. The first-order valence-corrected chi connectivity index (χ1v) is 11.9. The summed E-state index contributed by atoms with van der Waals surface area (Å²) < 4.78 is 0. The van der Waals surface area contributed by atoms with E-state index in [0.717, 1.165) is 27.2 Å². The molecule has 5 rings (SSSR count). The van der Waals surface area contributed by atoms with Crippen LogP contribution in [0.3, 0.4) is 0 Å². The maximum atomic E-state index is 12.6. The number of nitrogens with zero attached hydrogens (tertiary/aromatic N) is 2. The maximum Gasteiger partial charge on any atom is 0.255 e. The molecule has 0 atom stereocenters. The molecule has 3 aromatic carbocycles. The molecule has 0 spiro atoms. The van der Waals surface area contributed by atoms with E-state index in [1.807, 2.05) is 49.6 Å². The zero-order valence-corrected chi connectivity index (χ0v) is 20.0. The van der Waals surface area contributed by atoms with Gasteiger partial charge in [-0.15, -0.1) is 11.3 Å². The average Bonchev–Trinajstić information content (AvgIpc) is 3.42. The molecule has 5 aromatic rings. The van der Waals surface area contributed by atoms with Crippen molar-refractivity contribution in [2.75, 3.05) is 11.1 Å². The number of benzene rings is 3. The molecule has 36 heavy (non-hydrogen) atoms. The van der Waals surface area contributed by atoms with Crippen LogP contribution in [0.1, 0.15) is 35.3 Å². The number of aromatic hydroxyl groups is 1. The van der Waals surface area contributed by atoms with E-state index in [2.05, 4.69) is 20.3 Å². The van der Waals surface area contributed by atoms with Gasteiger partial charge in [0, 0.05) is 27.4 Å². The number of hydrogen-bond acceptors (Lipinski definition) is 6. The zero-order valence-electron chi connectivity index (χ0n) is 19.2. The van der Waals surface area contributed by atoms with E-state index in [4.69, 9.17) is 5.73 Å². The monoisotopic (exact) mass is 497 g/mol. The van der Waals surface area contributed by atoms with Crippen LogP contribution in [0, 0.1) is 6.92 Å². The molecule has 2 aromatic heterocycles. The summed E-state index contributed by atoms with van der Waals surface area (Å²) in [6.45, 7) is 3.82. The molecule has 182 valence electrons. The molecule has 0 aliphatic rings. The van der Waals surface area contributed by atoms with Crippen LogP contribution in [0.4, 0.5) is 17.1 Å². The van der Waals surface area contributed by atoms with Gasteiger partial charge in [-0.05, 0) is 62.4 Å². The molecule has 7 nitrogen and oxygen atoms in total. The Morgan fingerprint density at radius 1 is 1.11 bits per heavy atom. The number of aryl methyl sites for hydroxylation is 1. The molecule has 2 heterocycles. The average molecular weight is 498 g/mol. The molecular weight excluding hydrogens is 470 g/mol.